The summed E-state index contributed by atoms with van der Waals surface area (Å²) >= 11 is 1.59. The monoisotopic (exact) mass is 491 g/mol. The zero-order valence-corrected chi connectivity index (χ0v) is 21.3. The summed E-state index contributed by atoms with van der Waals surface area (Å²) in [5, 5.41) is 3.89. The number of amides is 2. The summed E-state index contributed by atoms with van der Waals surface area (Å²) in [6.07, 6.45) is 5.09. The van der Waals surface area contributed by atoms with Crippen LogP contribution in [-0.2, 0) is 9.59 Å². The Morgan fingerprint density at radius 3 is 2.49 bits per heavy atom. The zero-order chi connectivity index (χ0) is 24.7. The van der Waals surface area contributed by atoms with Crippen molar-refractivity contribution in [3.05, 3.63) is 47.8 Å². The van der Waals surface area contributed by atoms with Gasteiger partial charge in [-0.1, -0.05) is 0 Å². The maximum Gasteiger partial charge on any atom is 0.275 e. The Labute approximate surface area is 208 Å². The van der Waals surface area contributed by atoms with Crippen LogP contribution in [0.1, 0.15) is 25.3 Å². The molecule has 3 heterocycles. The number of carbonyl (C=O) groups is 2. The van der Waals surface area contributed by atoms with Crippen LogP contribution in [0.2, 0.25) is 0 Å². The fourth-order valence-corrected chi connectivity index (χ4v) is 5.33. The first-order valence-corrected chi connectivity index (χ1v) is 12.6. The first-order valence-electron chi connectivity index (χ1n) is 11.8. The molecule has 0 radical (unpaired) electrons. The van der Waals surface area contributed by atoms with Crippen molar-refractivity contribution in [3.63, 3.8) is 0 Å². The molecular weight excluding hydrogens is 462 g/mol. The Morgan fingerprint density at radius 1 is 1.11 bits per heavy atom. The van der Waals surface area contributed by atoms with E-state index in [1.54, 1.807) is 23.3 Å². The van der Waals surface area contributed by atoms with Gasteiger partial charge in [0.2, 0.25) is 0 Å². The number of fused-ring (bicyclic) bond motifs is 1. The van der Waals surface area contributed by atoms with E-state index in [9.17, 15) is 9.59 Å². The van der Waals surface area contributed by atoms with Crippen molar-refractivity contribution < 1.29 is 14.3 Å². The average molecular weight is 492 g/mol. The molecule has 1 fully saturated rings. The number of aryl methyl sites for hydroxylation is 1. The van der Waals surface area contributed by atoms with Gasteiger partial charge in [-0.15, -0.1) is 11.3 Å². The van der Waals surface area contributed by atoms with Gasteiger partial charge in [0, 0.05) is 29.6 Å². The topological polar surface area (TPSA) is 78.9 Å². The van der Waals surface area contributed by atoms with E-state index >= 15 is 0 Å². The summed E-state index contributed by atoms with van der Waals surface area (Å²) < 4.78 is 5.83. The summed E-state index contributed by atoms with van der Waals surface area (Å²) in [4.78, 5) is 38.7. The molecule has 35 heavy (non-hydrogen) atoms. The van der Waals surface area contributed by atoms with Crippen LogP contribution in [-0.4, -0.2) is 65.5 Å². The van der Waals surface area contributed by atoms with Crippen LogP contribution < -0.4 is 9.75 Å². The van der Waals surface area contributed by atoms with Crippen LogP contribution in [0.4, 0.5) is 5.82 Å². The molecule has 5 rings (SSSR count). The lowest BCUT2D eigenvalue weighted by molar-refractivity contribution is -0.138. The molecule has 9 heteroatoms. The van der Waals surface area contributed by atoms with E-state index in [0.717, 1.165) is 51.4 Å². The van der Waals surface area contributed by atoms with E-state index in [0.29, 0.717) is 30.5 Å². The summed E-state index contributed by atoms with van der Waals surface area (Å²) in [5.74, 6) is 1.27. The van der Waals surface area contributed by atoms with E-state index in [4.69, 9.17) is 4.74 Å². The average Bonchev–Trinajstić information content (AvgIpc) is 3.54. The van der Waals surface area contributed by atoms with Crippen LogP contribution in [0, 0.1) is 12.8 Å². The number of carbonyl (C=O) groups excluding carboxylic acids is 2. The number of imide groups is 1. The molecule has 8 nitrogen and oxygen atoms in total. The molecule has 1 saturated carbocycles. The molecule has 0 spiro atoms. The summed E-state index contributed by atoms with van der Waals surface area (Å²) in [5.41, 5.74) is 2.54. The molecule has 2 aromatic heterocycles. The number of thiophene rings is 1. The highest BCUT2D eigenvalue weighted by atomic mass is 32.1. The standard InChI is InChI=1S/C26H29N5O3S/c1-16-13-21(32)31(26(16)33)30(14-18-5-6-18)24-22-17(2)23(35-25(22)28-15-27-24)19-7-9-20(10-8-19)34-12-11-29(3)4/h7-10,13,15,18H,5-6,11-12,14H2,1-4H3. The Kier molecular flexibility index (Phi) is 6.29. The van der Waals surface area contributed by atoms with Crippen molar-refractivity contribution >= 4 is 39.2 Å². The predicted octanol–water partition coefficient (Wildman–Crippen LogP) is 4.05. The predicted molar refractivity (Wildman–Crippen MR) is 137 cm³/mol. The fourth-order valence-electron chi connectivity index (χ4n) is 4.18. The van der Waals surface area contributed by atoms with Crippen LogP contribution in [0.25, 0.3) is 20.7 Å². The van der Waals surface area contributed by atoms with Gasteiger partial charge < -0.3 is 9.64 Å². The third-order valence-electron chi connectivity index (χ3n) is 6.32. The van der Waals surface area contributed by atoms with Gasteiger partial charge in [0.15, 0.2) is 5.82 Å². The van der Waals surface area contributed by atoms with E-state index in [-0.39, 0.29) is 11.8 Å². The van der Waals surface area contributed by atoms with Crippen LogP contribution >= 0.6 is 11.3 Å². The van der Waals surface area contributed by atoms with Crippen molar-refractivity contribution in [2.75, 3.05) is 38.8 Å². The van der Waals surface area contributed by atoms with Gasteiger partial charge in [-0.2, -0.15) is 5.01 Å². The number of nitrogens with zero attached hydrogens (tertiary/aromatic N) is 5. The minimum absolute atomic E-state index is 0.291. The van der Waals surface area contributed by atoms with Gasteiger partial charge in [0.1, 0.15) is 23.5 Å². The van der Waals surface area contributed by atoms with Crippen molar-refractivity contribution in [2.24, 2.45) is 5.92 Å². The summed E-state index contributed by atoms with van der Waals surface area (Å²) in [6.45, 7) is 5.79. The number of aromatic nitrogens is 2. The van der Waals surface area contributed by atoms with E-state index < -0.39 is 0 Å². The van der Waals surface area contributed by atoms with Crippen molar-refractivity contribution in [2.45, 2.75) is 26.7 Å². The van der Waals surface area contributed by atoms with Gasteiger partial charge in [0.05, 0.1) is 5.39 Å². The van der Waals surface area contributed by atoms with E-state index in [1.165, 1.54) is 17.4 Å². The number of hydrogen-bond acceptors (Lipinski definition) is 8. The highest BCUT2D eigenvalue weighted by Gasteiger charge is 2.38. The molecular formula is C26H29N5O3S. The summed E-state index contributed by atoms with van der Waals surface area (Å²) in [6, 6.07) is 8.07. The maximum atomic E-state index is 12.9. The van der Waals surface area contributed by atoms with E-state index in [1.807, 2.05) is 26.2 Å². The maximum absolute atomic E-state index is 12.9. The van der Waals surface area contributed by atoms with Gasteiger partial charge in [0.25, 0.3) is 11.8 Å². The first kappa shape index (κ1) is 23.4. The zero-order valence-electron chi connectivity index (χ0n) is 20.4. The second kappa shape index (κ2) is 9.39. The fraction of sp³-hybridized carbons (Fsp3) is 0.385. The third-order valence-corrected chi connectivity index (χ3v) is 7.57. The Hall–Kier alpha value is -3.30. The highest BCUT2D eigenvalue weighted by molar-refractivity contribution is 7.22. The molecule has 0 saturated heterocycles. The van der Waals surface area contributed by atoms with Crippen LogP contribution in [0.15, 0.2) is 42.2 Å². The molecule has 1 aliphatic carbocycles. The van der Waals surface area contributed by atoms with Gasteiger partial charge in [-0.25, -0.2) is 9.97 Å². The largest absolute Gasteiger partial charge is 0.492 e. The number of hydrazine groups is 1. The van der Waals surface area contributed by atoms with Gasteiger partial charge in [-0.3, -0.25) is 14.6 Å². The van der Waals surface area contributed by atoms with Crippen molar-refractivity contribution in [1.29, 1.82) is 0 Å². The van der Waals surface area contributed by atoms with Crippen LogP contribution in [0.3, 0.4) is 0 Å². The summed E-state index contributed by atoms with van der Waals surface area (Å²) in [7, 11) is 4.04. The van der Waals surface area contributed by atoms with E-state index in [2.05, 4.69) is 33.9 Å². The molecule has 0 bridgehead atoms. The molecule has 0 atom stereocenters. The number of rotatable bonds is 9. The lowest BCUT2D eigenvalue weighted by Gasteiger charge is -2.31. The molecule has 3 aromatic rings. The molecule has 2 amide bonds. The second-order valence-electron chi connectivity index (χ2n) is 9.42. The minimum atomic E-state index is -0.321. The van der Waals surface area contributed by atoms with Gasteiger partial charge in [-0.05, 0) is 82.1 Å². The number of likely N-dealkylation sites (N-methyl/N-ethyl adjacent to an activating group) is 1. The second-order valence-corrected chi connectivity index (χ2v) is 10.4. The number of hydrogen-bond donors (Lipinski definition) is 0. The Balaban J connectivity index is 1.50. The molecule has 1 aromatic carbocycles. The lowest BCUT2D eigenvalue weighted by Crippen LogP contribution is -2.48. The number of anilines is 1. The Bertz CT molecular complexity index is 1310. The number of ether oxygens (including phenoxy) is 1. The molecule has 182 valence electrons. The SMILES string of the molecule is CC1=CC(=O)N(N(CC2CC2)c2ncnc3sc(-c4ccc(OCCN(C)C)cc4)c(C)c23)C1=O. The smallest absolute Gasteiger partial charge is 0.275 e. The lowest BCUT2D eigenvalue weighted by atomic mass is 10.1. The molecule has 1 aliphatic heterocycles. The quantitative estimate of drug-likeness (QED) is 0.418. The van der Waals surface area contributed by atoms with Crippen molar-refractivity contribution in [3.8, 4) is 16.2 Å². The normalized spacial score (nSPS) is 15.9. The first-order chi connectivity index (χ1) is 16.8. The Morgan fingerprint density at radius 2 is 1.86 bits per heavy atom. The molecule has 2 aliphatic rings. The minimum Gasteiger partial charge on any atom is -0.492 e. The number of benzene rings is 1. The van der Waals surface area contributed by atoms with Crippen molar-refractivity contribution in [1.82, 2.24) is 19.9 Å². The van der Waals surface area contributed by atoms with Crippen LogP contribution in [0.5, 0.6) is 5.75 Å². The third kappa shape index (κ3) is 4.66. The molecule has 0 unspecified atom stereocenters. The highest BCUT2D eigenvalue weighted by Crippen LogP contribution is 2.42. The van der Waals surface area contributed by atoms with Gasteiger partial charge >= 0.3 is 0 Å². The molecule has 0 N–H and O–H groups in total.